The van der Waals surface area contributed by atoms with Crippen LogP contribution in [0.1, 0.15) is 33.4 Å². The van der Waals surface area contributed by atoms with Crippen molar-refractivity contribution in [2.45, 2.75) is 19.4 Å². The lowest BCUT2D eigenvalue weighted by molar-refractivity contribution is -0.123. The Kier molecular flexibility index (Phi) is 3.63. The van der Waals surface area contributed by atoms with E-state index in [0.29, 0.717) is 18.7 Å². The number of hydrogen-bond acceptors (Lipinski definition) is 3. The number of hydrogen-bond donors (Lipinski definition) is 1. The summed E-state index contributed by atoms with van der Waals surface area (Å²) in [5.41, 5.74) is 8.43. The van der Waals surface area contributed by atoms with Gasteiger partial charge in [-0.3, -0.25) is 9.59 Å². The van der Waals surface area contributed by atoms with Gasteiger partial charge in [0.15, 0.2) is 0 Å². The number of amides is 2. The van der Waals surface area contributed by atoms with Crippen molar-refractivity contribution < 1.29 is 9.59 Å². The first-order chi connectivity index (χ1) is 10.6. The molecule has 1 atom stereocenters. The number of nitrogens with zero attached hydrogens (tertiary/aromatic N) is 2. The summed E-state index contributed by atoms with van der Waals surface area (Å²) in [6, 6.07) is 12.9. The van der Waals surface area contributed by atoms with E-state index in [9.17, 15) is 9.59 Å². The molecule has 0 aliphatic carbocycles. The molecule has 2 heterocycles. The van der Waals surface area contributed by atoms with Gasteiger partial charge in [-0.2, -0.15) is 0 Å². The van der Waals surface area contributed by atoms with Crippen LogP contribution in [0.3, 0.4) is 0 Å². The van der Waals surface area contributed by atoms with Gasteiger partial charge in [-0.1, -0.05) is 24.3 Å². The van der Waals surface area contributed by atoms with Crippen molar-refractivity contribution in [1.82, 2.24) is 9.88 Å². The van der Waals surface area contributed by atoms with Crippen LogP contribution in [0.2, 0.25) is 0 Å². The van der Waals surface area contributed by atoms with Gasteiger partial charge >= 0.3 is 0 Å². The number of fused-ring (bicyclic) bond motifs is 1. The molecule has 5 heteroatoms. The van der Waals surface area contributed by atoms with Gasteiger partial charge in [0.1, 0.15) is 11.7 Å². The topological polar surface area (TPSA) is 76.3 Å². The number of carbonyl (C=O) groups excluding carboxylic acids is 2. The molecule has 111 valence electrons. The molecule has 5 nitrogen and oxygen atoms in total. The van der Waals surface area contributed by atoms with Crippen molar-refractivity contribution in [3.8, 4) is 0 Å². The van der Waals surface area contributed by atoms with Gasteiger partial charge in [-0.15, -0.1) is 0 Å². The standard InChI is InChI=1S/C17H16N3O2/c1-11-5-4-8-14(19-11)17(22)20-10-9-12-6-2-3-7-13(12)15(20)16(18)21/h3-8,15H,9-10H2,1H3,(H2,18,21). The number of pyridine rings is 1. The Labute approximate surface area is 128 Å². The summed E-state index contributed by atoms with van der Waals surface area (Å²) in [5, 5.41) is 0. The van der Waals surface area contributed by atoms with Crippen LogP contribution in [-0.2, 0) is 11.2 Å². The van der Waals surface area contributed by atoms with Gasteiger partial charge in [0.25, 0.3) is 5.91 Å². The largest absolute Gasteiger partial charge is 0.368 e. The Morgan fingerprint density at radius 2 is 2.18 bits per heavy atom. The first-order valence-corrected chi connectivity index (χ1v) is 7.11. The lowest BCUT2D eigenvalue weighted by Crippen LogP contribution is -2.46. The predicted octanol–water partition coefficient (Wildman–Crippen LogP) is 1.42. The number of rotatable bonds is 2. The van der Waals surface area contributed by atoms with E-state index in [1.54, 1.807) is 24.3 Å². The molecule has 0 saturated heterocycles. The fourth-order valence-corrected chi connectivity index (χ4v) is 2.83. The highest BCUT2D eigenvalue weighted by Crippen LogP contribution is 2.30. The second kappa shape index (κ2) is 5.60. The van der Waals surface area contributed by atoms with Crippen LogP contribution in [0, 0.1) is 13.0 Å². The highest BCUT2D eigenvalue weighted by atomic mass is 16.2. The minimum atomic E-state index is -0.756. The highest BCUT2D eigenvalue weighted by Gasteiger charge is 2.35. The first kappa shape index (κ1) is 14.3. The van der Waals surface area contributed by atoms with Crippen molar-refractivity contribution in [1.29, 1.82) is 0 Å². The van der Waals surface area contributed by atoms with Gasteiger partial charge in [-0.25, -0.2) is 4.98 Å². The lowest BCUT2D eigenvalue weighted by Gasteiger charge is -2.35. The maximum absolute atomic E-state index is 12.7. The van der Waals surface area contributed by atoms with E-state index < -0.39 is 11.9 Å². The third-order valence-corrected chi connectivity index (χ3v) is 3.85. The van der Waals surface area contributed by atoms with Crippen LogP contribution in [0.5, 0.6) is 0 Å². The van der Waals surface area contributed by atoms with Gasteiger partial charge in [0.05, 0.1) is 0 Å². The third-order valence-electron chi connectivity index (χ3n) is 3.85. The van der Waals surface area contributed by atoms with Crippen molar-refractivity contribution in [2.24, 2.45) is 5.73 Å². The molecule has 1 aromatic heterocycles. The zero-order valence-corrected chi connectivity index (χ0v) is 12.2. The maximum Gasteiger partial charge on any atom is 0.273 e. The van der Waals surface area contributed by atoms with E-state index in [2.05, 4.69) is 11.1 Å². The molecule has 2 aromatic rings. The van der Waals surface area contributed by atoms with Crippen molar-refractivity contribution >= 4 is 11.8 Å². The molecule has 0 bridgehead atoms. The smallest absolute Gasteiger partial charge is 0.273 e. The van der Waals surface area contributed by atoms with E-state index in [1.165, 1.54) is 4.90 Å². The third kappa shape index (κ3) is 2.45. The Morgan fingerprint density at radius 3 is 2.91 bits per heavy atom. The molecule has 1 radical (unpaired) electrons. The molecule has 2 N–H and O–H groups in total. The van der Waals surface area contributed by atoms with Crippen LogP contribution in [0.15, 0.2) is 36.4 Å². The second-order valence-corrected chi connectivity index (χ2v) is 5.34. The van der Waals surface area contributed by atoms with E-state index in [4.69, 9.17) is 5.73 Å². The molecular formula is C17H16N3O2. The molecule has 3 rings (SSSR count). The maximum atomic E-state index is 12.7. The van der Waals surface area contributed by atoms with Crippen LogP contribution in [-0.4, -0.2) is 28.2 Å². The van der Waals surface area contributed by atoms with Crippen LogP contribution >= 0.6 is 0 Å². The number of primary amides is 1. The van der Waals surface area contributed by atoms with E-state index in [-0.39, 0.29) is 5.91 Å². The average molecular weight is 294 g/mol. The quantitative estimate of drug-likeness (QED) is 0.910. The highest BCUT2D eigenvalue weighted by molar-refractivity contribution is 5.96. The summed E-state index contributed by atoms with van der Waals surface area (Å²) in [5.74, 6) is -0.806. The molecule has 2 amide bonds. The van der Waals surface area contributed by atoms with Crippen molar-refractivity contribution in [3.05, 3.63) is 65.0 Å². The SMILES string of the molecule is Cc1cccc(C(=O)N2CCc3c[c]ccc3C2C(N)=O)n1. The Bertz CT molecular complexity index is 742. The number of aryl methyl sites for hydroxylation is 1. The van der Waals surface area contributed by atoms with Crippen molar-refractivity contribution in [3.63, 3.8) is 0 Å². The van der Waals surface area contributed by atoms with E-state index >= 15 is 0 Å². The number of nitrogens with two attached hydrogens (primary N) is 1. The molecule has 1 aromatic carbocycles. The molecule has 22 heavy (non-hydrogen) atoms. The van der Waals surface area contributed by atoms with E-state index in [1.807, 2.05) is 19.1 Å². The Hall–Kier alpha value is -2.69. The van der Waals surface area contributed by atoms with Gasteiger partial charge in [-0.05, 0) is 42.7 Å². The molecular weight excluding hydrogens is 278 g/mol. The summed E-state index contributed by atoms with van der Waals surface area (Å²) in [7, 11) is 0. The van der Waals surface area contributed by atoms with Gasteiger partial charge in [0, 0.05) is 12.2 Å². The fraction of sp³-hybridized carbons (Fsp3) is 0.235. The minimum absolute atomic E-state index is 0.272. The van der Waals surface area contributed by atoms with Gasteiger partial charge in [0.2, 0.25) is 5.91 Å². The summed E-state index contributed by atoms with van der Waals surface area (Å²) in [6.07, 6.45) is 0.675. The lowest BCUT2D eigenvalue weighted by atomic mass is 9.92. The average Bonchev–Trinajstić information content (AvgIpc) is 2.52. The molecule has 1 aliphatic rings. The minimum Gasteiger partial charge on any atom is -0.368 e. The molecule has 0 fully saturated rings. The summed E-state index contributed by atoms with van der Waals surface area (Å²) < 4.78 is 0. The second-order valence-electron chi connectivity index (χ2n) is 5.34. The number of carbonyl (C=O) groups is 2. The summed E-state index contributed by atoms with van der Waals surface area (Å²) >= 11 is 0. The first-order valence-electron chi connectivity index (χ1n) is 7.11. The molecule has 0 saturated carbocycles. The molecule has 1 unspecified atom stereocenters. The van der Waals surface area contributed by atoms with E-state index in [0.717, 1.165) is 16.8 Å². The van der Waals surface area contributed by atoms with Crippen LogP contribution < -0.4 is 5.73 Å². The zero-order chi connectivity index (χ0) is 15.7. The van der Waals surface area contributed by atoms with Crippen LogP contribution in [0.4, 0.5) is 0 Å². The summed E-state index contributed by atoms with van der Waals surface area (Å²) in [6.45, 7) is 2.26. The Morgan fingerprint density at radius 1 is 1.36 bits per heavy atom. The Balaban J connectivity index is 2.00. The van der Waals surface area contributed by atoms with Crippen LogP contribution in [0.25, 0.3) is 0 Å². The molecule has 1 aliphatic heterocycles. The monoisotopic (exact) mass is 294 g/mol. The number of aromatic nitrogens is 1. The predicted molar refractivity (Wildman–Crippen MR) is 80.9 cm³/mol. The zero-order valence-electron chi connectivity index (χ0n) is 12.2. The number of benzene rings is 1. The molecule has 0 spiro atoms. The fourth-order valence-electron chi connectivity index (χ4n) is 2.83. The van der Waals surface area contributed by atoms with Gasteiger partial charge < -0.3 is 10.6 Å². The van der Waals surface area contributed by atoms with Crippen molar-refractivity contribution in [2.75, 3.05) is 6.54 Å². The summed E-state index contributed by atoms with van der Waals surface area (Å²) in [4.78, 5) is 30.4. The normalized spacial score (nSPS) is 17.0.